The second-order valence-electron chi connectivity index (χ2n) is 3.88. The Kier molecular flexibility index (Phi) is 2.69. The van der Waals surface area contributed by atoms with Gasteiger partial charge < -0.3 is 9.72 Å². The first-order valence-electron chi connectivity index (χ1n) is 5.36. The predicted octanol–water partition coefficient (Wildman–Crippen LogP) is 2.41. The molecule has 0 aliphatic rings. The first kappa shape index (κ1) is 10.7. The molecule has 1 heterocycles. The Labute approximate surface area is 94.1 Å². The van der Waals surface area contributed by atoms with E-state index >= 15 is 0 Å². The molecule has 0 radical (unpaired) electrons. The van der Waals surface area contributed by atoms with Crippen molar-refractivity contribution in [2.45, 2.75) is 20.3 Å². The SMILES string of the molecule is CCc1cc(=O)c2cc(OC)cc(C)c2[nH]1. The van der Waals surface area contributed by atoms with E-state index in [-0.39, 0.29) is 5.43 Å². The minimum absolute atomic E-state index is 0.0487. The summed E-state index contributed by atoms with van der Waals surface area (Å²) in [5.41, 5.74) is 2.95. The summed E-state index contributed by atoms with van der Waals surface area (Å²) in [5.74, 6) is 0.722. The number of ether oxygens (including phenoxy) is 1. The van der Waals surface area contributed by atoms with Gasteiger partial charge in [-0.2, -0.15) is 0 Å². The zero-order valence-corrected chi connectivity index (χ0v) is 9.76. The van der Waals surface area contributed by atoms with Crippen molar-refractivity contribution >= 4 is 10.9 Å². The zero-order valence-electron chi connectivity index (χ0n) is 9.76. The van der Waals surface area contributed by atoms with Gasteiger partial charge in [-0.05, 0) is 31.0 Å². The highest BCUT2D eigenvalue weighted by atomic mass is 16.5. The summed E-state index contributed by atoms with van der Waals surface area (Å²) < 4.78 is 5.16. The van der Waals surface area contributed by atoms with Gasteiger partial charge in [-0.25, -0.2) is 0 Å². The first-order valence-corrected chi connectivity index (χ1v) is 5.36. The van der Waals surface area contributed by atoms with Gasteiger partial charge in [-0.1, -0.05) is 6.92 Å². The number of aromatic nitrogens is 1. The number of hydrogen-bond donors (Lipinski definition) is 1. The van der Waals surface area contributed by atoms with Gasteiger partial charge in [0.2, 0.25) is 0 Å². The lowest BCUT2D eigenvalue weighted by molar-refractivity contribution is 0.415. The van der Waals surface area contributed by atoms with Crippen LogP contribution in [0.15, 0.2) is 23.0 Å². The van der Waals surface area contributed by atoms with E-state index in [1.807, 2.05) is 19.9 Å². The number of fused-ring (bicyclic) bond motifs is 1. The molecule has 0 fully saturated rings. The fourth-order valence-corrected chi connectivity index (χ4v) is 1.86. The van der Waals surface area contributed by atoms with Crippen LogP contribution in [0, 0.1) is 6.92 Å². The number of methoxy groups -OCH3 is 1. The highest BCUT2D eigenvalue weighted by molar-refractivity contribution is 5.83. The predicted molar refractivity (Wildman–Crippen MR) is 65.2 cm³/mol. The molecule has 0 amide bonds. The van der Waals surface area contributed by atoms with Gasteiger partial charge in [0.1, 0.15) is 5.75 Å². The molecule has 0 bridgehead atoms. The summed E-state index contributed by atoms with van der Waals surface area (Å²) in [5, 5.41) is 0.689. The Morgan fingerprint density at radius 1 is 1.31 bits per heavy atom. The molecule has 84 valence electrons. The van der Waals surface area contributed by atoms with Crippen LogP contribution in [0.5, 0.6) is 5.75 Å². The first-order chi connectivity index (χ1) is 7.65. The second-order valence-corrected chi connectivity index (χ2v) is 3.88. The Bertz CT molecular complexity index is 584. The maximum absolute atomic E-state index is 11.9. The van der Waals surface area contributed by atoms with Crippen LogP contribution in [0.2, 0.25) is 0 Å². The van der Waals surface area contributed by atoms with Crippen molar-refractivity contribution in [2.24, 2.45) is 0 Å². The molecule has 3 nitrogen and oxygen atoms in total. The number of aryl methyl sites for hydroxylation is 2. The fraction of sp³-hybridized carbons (Fsp3) is 0.308. The Hall–Kier alpha value is -1.77. The van der Waals surface area contributed by atoms with Crippen molar-refractivity contribution in [1.82, 2.24) is 4.98 Å². The molecular weight excluding hydrogens is 202 g/mol. The topological polar surface area (TPSA) is 42.1 Å². The number of benzene rings is 1. The van der Waals surface area contributed by atoms with Gasteiger partial charge >= 0.3 is 0 Å². The molecule has 0 atom stereocenters. The average molecular weight is 217 g/mol. The highest BCUT2D eigenvalue weighted by Crippen LogP contribution is 2.21. The Balaban J connectivity index is 2.84. The number of pyridine rings is 1. The quantitative estimate of drug-likeness (QED) is 0.839. The van der Waals surface area contributed by atoms with Gasteiger partial charge in [0.15, 0.2) is 5.43 Å². The van der Waals surface area contributed by atoms with E-state index in [1.54, 1.807) is 19.2 Å². The number of hydrogen-bond acceptors (Lipinski definition) is 2. The van der Waals surface area contributed by atoms with Crippen molar-refractivity contribution in [3.8, 4) is 5.75 Å². The van der Waals surface area contributed by atoms with E-state index in [9.17, 15) is 4.79 Å². The normalized spacial score (nSPS) is 10.7. The van der Waals surface area contributed by atoms with Crippen molar-refractivity contribution in [3.63, 3.8) is 0 Å². The van der Waals surface area contributed by atoms with Crippen LogP contribution in [0.25, 0.3) is 10.9 Å². The van der Waals surface area contributed by atoms with E-state index in [0.717, 1.165) is 28.9 Å². The molecule has 1 aromatic carbocycles. The molecule has 0 saturated heterocycles. The molecule has 0 aliphatic heterocycles. The van der Waals surface area contributed by atoms with Crippen LogP contribution >= 0.6 is 0 Å². The summed E-state index contributed by atoms with van der Waals surface area (Å²) in [7, 11) is 1.61. The zero-order chi connectivity index (χ0) is 11.7. The van der Waals surface area contributed by atoms with Crippen LogP contribution < -0.4 is 10.2 Å². The largest absolute Gasteiger partial charge is 0.497 e. The summed E-state index contributed by atoms with van der Waals surface area (Å²) in [6, 6.07) is 5.36. The smallest absolute Gasteiger partial charge is 0.189 e. The van der Waals surface area contributed by atoms with Gasteiger partial charge in [0, 0.05) is 17.1 Å². The van der Waals surface area contributed by atoms with Crippen molar-refractivity contribution in [2.75, 3.05) is 7.11 Å². The average Bonchev–Trinajstić information content (AvgIpc) is 2.29. The van der Waals surface area contributed by atoms with Crippen LogP contribution in [-0.2, 0) is 6.42 Å². The Morgan fingerprint density at radius 2 is 2.06 bits per heavy atom. The standard InChI is InChI=1S/C13H15NO2/c1-4-9-6-12(15)11-7-10(16-3)5-8(2)13(11)14-9/h5-7H,4H2,1-3H3,(H,14,15). The molecule has 3 heteroatoms. The summed E-state index contributed by atoms with van der Waals surface area (Å²) in [6.45, 7) is 4.00. The van der Waals surface area contributed by atoms with Gasteiger partial charge in [0.25, 0.3) is 0 Å². The third kappa shape index (κ3) is 1.69. The minimum Gasteiger partial charge on any atom is -0.497 e. The highest BCUT2D eigenvalue weighted by Gasteiger charge is 2.06. The summed E-state index contributed by atoms with van der Waals surface area (Å²) in [4.78, 5) is 15.2. The maximum Gasteiger partial charge on any atom is 0.189 e. The van der Waals surface area contributed by atoms with Crippen molar-refractivity contribution in [1.29, 1.82) is 0 Å². The van der Waals surface area contributed by atoms with E-state index in [0.29, 0.717) is 5.39 Å². The molecule has 0 saturated carbocycles. The molecular formula is C13H15NO2. The molecule has 16 heavy (non-hydrogen) atoms. The van der Waals surface area contributed by atoms with Gasteiger partial charge in [0.05, 0.1) is 12.6 Å². The van der Waals surface area contributed by atoms with E-state index in [4.69, 9.17) is 4.74 Å². The minimum atomic E-state index is 0.0487. The number of nitrogens with one attached hydrogen (secondary N) is 1. The molecule has 2 aromatic rings. The third-order valence-electron chi connectivity index (χ3n) is 2.78. The van der Waals surface area contributed by atoms with Crippen LogP contribution in [0.3, 0.4) is 0 Å². The van der Waals surface area contributed by atoms with Crippen LogP contribution in [-0.4, -0.2) is 12.1 Å². The number of rotatable bonds is 2. The molecule has 0 aliphatic carbocycles. The van der Waals surface area contributed by atoms with E-state index < -0.39 is 0 Å². The van der Waals surface area contributed by atoms with Gasteiger partial charge in [-0.3, -0.25) is 4.79 Å². The third-order valence-corrected chi connectivity index (χ3v) is 2.78. The molecule has 2 rings (SSSR count). The molecule has 0 spiro atoms. The lowest BCUT2D eigenvalue weighted by atomic mass is 10.1. The maximum atomic E-state index is 11.9. The molecule has 1 N–H and O–H groups in total. The van der Waals surface area contributed by atoms with Gasteiger partial charge in [-0.15, -0.1) is 0 Å². The van der Waals surface area contributed by atoms with Crippen molar-refractivity contribution < 1.29 is 4.74 Å². The summed E-state index contributed by atoms with van der Waals surface area (Å²) >= 11 is 0. The van der Waals surface area contributed by atoms with Crippen LogP contribution in [0.1, 0.15) is 18.2 Å². The second kappa shape index (κ2) is 4.00. The fourth-order valence-electron chi connectivity index (χ4n) is 1.86. The molecule has 1 aromatic heterocycles. The number of aromatic amines is 1. The Morgan fingerprint density at radius 3 is 2.69 bits per heavy atom. The van der Waals surface area contributed by atoms with Crippen molar-refractivity contribution in [3.05, 3.63) is 39.7 Å². The number of H-pyrrole nitrogens is 1. The lowest BCUT2D eigenvalue weighted by Crippen LogP contribution is -2.06. The molecule has 0 unspecified atom stereocenters. The van der Waals surface area contributed by atoms with Crippen LogP contribution in [0.4, 0.5) is 0 Å². The summed E-state index contributed by atoms with van der Waals surface area (Å²) in [6.07, 6.45) is 0.830. The lowest BCUT2D eigenvalue weighted by Gasteiger charge is -2.07. The monoisotopic (exact) mass is 217 g/mol. The van der Waals surface area contributed by atoms with E-state index in [1.165, 1.54) is 0 Å². The van der Waals surface area contributed by atoms with E-state index in [2.05, 4.69) is 4.98 Å².